The number of ether oxygens (including phenoxy) is 1. The third kappa shape index (κ3) is 5.49. The highest BCUT2D eigenvalue weighted by Crippen LogP contribution is 2.40. The zero-order chi connectivity index (χ0) is 20.9. The van der Waals surface area contributed by atoms with Crippen molar-refractivity contribution in [2.45, 2.75) is 44.6 Å². The molecule has 2 aromatic rings. The van der Waals surface area contributed by atoms with Gasteiger partial charge >= 0.3 is 0 Å². The summed E-state index contributed by atoms with van der Waals surface area (Å²) in [5.41, 5.74) is 3.89. The Morgan fingerprint density at radius 3 is 2.55 bits per heavy atom. The van der Waals surface area contributed by atoms with Crippen LogP contribution in [0.25, 0.3) is 6.08 Å². The summed E-state index contributed by atoms with van der Waals surface area (Å²) >= 11 is 0. The minimum absolute atomic E-state index is 0.213. The van der Waals surface area contributed by atoms with Gasteiger partial charge in [-0.3, -0.25) is 0 Å². The van der Waals surface area contributed by atoms with E-state index in [1.165, 1.54) is 11.1 Å². The number of aryl methyl sites for hydroxylation is 1. The van der Waals surface area contributed by atoms with Crippen LogP contribution in [0.2, 0.25) is 0 Å². The first-order valence-corrected chi connectivity index (χ1v) is 10.7. The molecule has 0 radical (unpaired) electrons. The Morgan fingerprint density at radius 2 is 1.90 bits per heavy atom. The molecular weight excluding hydrogens is 358 g/mol. The molecule has 1 aliphatic carbocycles. The maximum Gasteiger partial charge on any atom is 0.118 e. The van der Waals surface area contributed by atoms with Crippen LogP contribution in [-0.2, 0) is 6.42 Å². The molecule has 3 heteroatoms. The molecule has 1 saturated carbocycles. The van der Waals surface area contributed by atoms with E-state index in [0.717, 1.165) is 49.1 Å². The molecule has 0 aliphatic heterocycles. The van der Waals surface area contributed by atoms with Gasteiger partial charge in [0.05, 0.1) is 12.7 Å². The molecule has 0 amide bonds. The molecule has 0 spiro atoms. The van der Waals surface area contributed by atoms with Gasteiger partial charge in [-0.15, -0.1) is 0 Å². The summed E-state index contributed by atoms with van der Waals surface area (Å²) in [5, 5.41) is 12.2. The number of nitrogens with zero attached hydrogens (tertiary/aromatic N) is 1. The second kappa shape index (κ2) is 9.60. The van der Waals surface area contributed by atoms with Crippen LogP contribution in [0.15, 0.2) is 54.1 Å². The lowest BCUT2D eigenvalue weighted by atomic mass is 9.74. The van der Waals surface area contributed by atoms with Crippen molar-refractivity contribution in [3.05, 3.63) is 70.8 Å². The average molecular weight is 394 g/mol. The van der Waals surface area contributed by atoms with E-state index < -0.39 is 5.60 Å². The smallest absolute Gasteiger partial charge is 0.118 e. The molecule has 29 heavy (non-hydrogen) atoms. The summed E-state index contributed by atoms with van der Waals surface area (Å²) in [4.78, 5) is 2.21. The predicted octanol–water partition coefficient (Wildman–Crippen LogP) is 5.11. The van der Waals surface area contributed by atoms with Gasteiger partial charge in [0.1, 0.15) is 5.75 Å². The van der Waals surface area contributed by atoms with Crippen molar-refractivity contribution in [3.8, 4) is 5.75 Å². The van der Waals surface area contributed by atoms with Gasteiger partial charge in [0.15, 0.2) is 0 Å². The minimum atomic E-state index is -0.839. The molecule has 2 aromatic carbocycles. The number of methoxy groups -OCH3 is 1. The quantitative estimate of drug-likeness (QED) is 0.692. The van der Waals surface area contributed by atoms with Crippen LogP contribution in [0.4, 0.5) is 0 Å². The Balaban J connectivity index is 2.02. The van der Waals surface area contributed by atoms with Crippen LogP contribution in [0.5, 0.6) is 5.75 Å². The summed E-state index contributed by atoms with van der Waals surface area (Å²) in [6.07, 6.45) is 7.16. The van der Waals surface area contributed by atoms with Gasteiger partial charge in [0.25, 0.3) is 0 Å². The Morgan fingerprint density at radius 1 is 1.14 bits per heavy atom. The molecule has 0 bridgehead atoms. The van der Waals surface area contributed by atoms with Crippen molar-refractivity contribution < 1.29 is 9.84 Å². The van der Waals surface area contributed by atoms with Crippen molar-refractivity contribution in [2.24, 2.45) is 5.92 Å². The van der Waals surface area contributed by atoms with Crippen LogP contribution in [0.1, 0.15) is 42.4 Å². The van der Waals surface area contributed by atoms with Gasteiger partial charge in [-0.25, -0.2) is 0 Å². The molecule has 3 nitrogen and oxygen atoms in total. The molecule has 1 fully saturated rings. The van der Waals surface area contributed by atoms with E-state index in [2.05, 4.69) is 68.4 Å². The first-order valence-electron chi connectivity index (χ1n) is 10.7. The lowest BCUT2D eigenvalue weighted by molar-refractivity contribution is 0.00516. The third-order valence-corrected chi connectivity index (χ3v) is 6.08. The van der Waals surface area contributed by atoms with Crippen molar-refractivity contribution in [1.29, 1.82) is 0 Å². The van der Waals surface area contributed by atoms with Crippen LogP contribution in [0, 0.1) is 12.8 Å². The largest absolute Gasteiger partial charge is 0.497 e. The van der Waals surface area contributed by atoms with Gasteiger partial charge < -0.3 is 14.7 Å². The zero-order valence-corrected chi connectivity index (χ0v) is 18.3. The monoisotopic (exact) mass is 393 g/mol. The Bertz CT molecular complexity index is 825. The van der Waals surface area contributed by atoms with E-state index in [-0.39, 0.29) is 5.92 Å². The van der Waals surface area contributed by atoms with Crippen LogP contribution in [0.3, 0.4) is 0 Å². The first kappa shape index (κ1) is 21.6. The molecule has 1 N–H and O–H groups in total. The predicted molar refractivity (Wildman–Crippen MR) is 121 cm³/mol. The number of rotatable bonds is 6. The summed E-state index contributed by atoms with van der Waals surface area (Å²) in [6.45, 7) is 3.01. The fourth-order valence-corrected chi connectivity index (χ4v) is 4.60. The maximum absolute atomic E-state index is 12.2. The third-order valence-electron chi connectivity index (χ3n) is 6.08. The fourth-order valence-electron chi connectivity index (χ4n) is 4.60. The summed E-state index contributed by atoms with van der Waals surface area (Å²) in [7, 11) is 5.89. The molecule has 2 unspecified atom stereocenters. The molecular formula is C26H35NO2. The van der Waals surface area contributed by atoms with Crippen molar-refractivity contribution >= 4 is 6.08 Å². The average Bonchev–Trinajstić information content (AvgIpc) is 2.82. The zero-order valence-electron chi connectivity index (χ0n) is 18.3. The second-order valence-corrected chi connectivity index (χ2v) is 8.74. The second-order valence-electron chi connectivity index (χ2n) is 8.74. The number of hydrogen-bond donors (Lipinski definition) is 1. The highest BCUT2D eigenvalue weighted by Gasteiger charge is 2.41. The highest BCUT2D eigenvalue weighted by molar-refractivity contribution is 5.57. The molecule has 1 aliphatic rings. The van der Waals surface area contributed by atoms with Crippen molar-refractivity contribution in [1.82, 2.24) is 4.90 Å². The van der Waals surface area contributed by atoms with Gasteiger partial charge in [0.2, 0.25) is 0 Å². The Labute approximate surface area is 176 Å². The summed E-state index contributed by atoms with van der Waals surface area (Å²) < 4.78 is 5.30. The van der Waals surface area contributed by atoms with Crippen molar-refractivity contribution in [3.63, 3.8) is 0 Å². The van der Waals surface area contributed by atoms with E-state index >= 15 is 0 Å². The van der Waals surface area contributed by atoms with Crippen LogP contribution in [-0.4, -0.2) is 43.4 Å². The highest BCUT2D eigenvalue weighted by atomic mass is 16.5. The van der Waals surface area contributed by atoms with Gasteiger partial charge in [-0.1, -0.05) is 54.5 Å². The number of hydrogen-bond acceptors (Lipinski definition) is 3. The van der Waals surface area contributed by atoms with Crippen molar-refractivity contribution in [2.75, 3.05) is 27.7 Å². The van der Waals surface area contributed by atoms with E-state index in [1.807, 2.05) is 12.1 Å². The topological polar surface area (TPSA) is 32.7 Å². The Hall–Kier alpha value is -2.10. The summed E-state index contributed by atoms with van der Waals surface area (Å²) in [5.74, 6) is 1.07. The maximum atomic E-state index is 12.2. The fraction of sp³-hybridized carbons (Fsp3) is 0.462. The SMILES string of the molecule is COc1ccc(C=C2CCCCC(CN(C)C)C2(O)Cc2cccc(C)c2)cc1. The Kier molecular flexibility index (Phi) is 7.15. The molecule has 0 saturated heterocycles. The first-order chi connectivity index (χ1) is 13.9. The van der Waals surface area contributed by atoms with Crippen LogP contribution >= 0.6 is 0 Å². The van der Waals surface area contributed by atoms with E-state index in [9.17, 15) is 5.11 Å². The molecule has 2 atom stereocenters. The standard InChI is InChI=1S/C26H35NO2/c1-20-8-7-9-22(16-20)18-26(28)23(10-5-6-11-24(26)19-27(2)3)17-21-12-14-25(29-4)15-13-21/h7-9,12-17,24,28H,5-6,10-11,18-19H2,1-4H3. The van der Waals surface area contributed by atoms with Gasteiger partial charge in [0, 0.05) is 18.9 Å². The molecule has 156 valence electrons. The normalized spacial score (nSPS) is 23.9. The summed E-state index contributed by atoms with van der Waals surface area (Å²) in [6, 6.07) is 16.7. The molecule has 0 heterocycles. The van der Waals surface area contributed by atoms with E-state index in [0.29, 0.717) is 6.42 Å². The lowest BCUT2D eigenvalue weighted by Gasteiger charge is -2.39. The number of benzene rings is 2. The van der Waals surface area contributed by atoms with Crippen LogP contribution < -0.4 is 4.74 Å². The molecule has 0 aromatic heterocycles. The van der Waals surface area contributed by atoms with Gasteiger partial charge in [-0.2, -0.15) is 0 Å². The lowest BCUT2D eigenvalue weighted by Crippen LogP contribution is -2.45. The number of aliphatic hydroxyl groups is 1. The van der Waals surface area contributed by atoms with Gasteiger partial charge in [-0.05, 0) is 69.1 Å². The van der Waals surface area contributed by atoms with E-state index in [1.54, 1.807) is 7.11 Å². The molecule has 3 rings (SSSR count). The minimum Gasteiger partial charge on any atom is -0.497 e. The van der Waals surface area contributed by atoms with E-state index in [4.69, 9.17) is 4.74 Å².